The van der Waals surface area contributed by atoms with Crippen LogP contribution in [-0.4, -0.2) is 7.05 Å². The summed E-state index contributed by atoms with van der Waals surface area (Å²) in [5, 5.41) is 3.19. The van der Waals surface area contributed by atoms with Gasteiger partial charge in [0.05, 0.1) is 6.04 Å². The van der Waals surface area contributed by atoms with Crippen LogP contribution in [0.5, 0.6) is 0 Å². The molecule has 0 amide bonds. The van der Waals surface area contributed by atoms with Gasteiger partial charge in [-0.1, -0.05) is 18.2 Å². The zero-order valence-electron chi connectivity index (χ0n) is 10.7. The maximum absolute atomic E-state index is 13.3. The molecule has 2 aromatic rings. The van der Waals surface area contributed by atoms with Crippen LogP contribution in [0.25, 0.3) is 0 Å². The van der Waals surface area contributed by atoms with Gasteiger partial charge in [-0.3, -0.25) is 0 Å². The number of halogens is 3. The molecule has 0 bridgehead atoms. The summed E-state index contributed by atoms with van der Waals surface area (Å²) in [5.41, 5.74) is 2.55. The molecule has 19 heavy (non-hydrogen) atoms. The molecule has 0 radical (unpaired) electrons. The van der Waals surface area contributed by atoms with Crippen molar-refractivity contribution in [2.45, 2.75) is 13.0 Å². The van der Waals surface area contributed by atoms with Crippen molar-refractivity contribution in [3.05, 3.63) is 68.3 Å². The summed E-state index contributed by atoms with van der Waals surface area (Å²) in [7, 11) is 1.84. The number of benzene rings is 2. The normalized spacial score (nSPS) is 12.5. The van der Waals surface area contributed by atoms with Crippen molar-refractivity contribution in [3.63, 3.8) is 0 Å². The van der Waals surface area contributed by atoms with E-state index in [2.05, 4.69) is 27.9 Å². The molecule has 1 nitrogen and oxygen atoms in total. The largest absolute Gasteiger partial charge is 0.309 e. The maximum Gasteiger partial charge on any atom is 0.126 e. The van der Waals surface area contributed by atoms with Crippen molar-refractivity contribution >= 4 is 22.6 Å². The third kappa shape index (κ3) is 3.12. The van der Waals surface area contributed by atoms with E-state index in [0.29, 0.717) is 5.56 Å². The molecular weight excluding hydrogens is 359 g/mol. The number of rotatable bonds is 3. The monoisotopic (exact) mass is 373 g/mol. The van der Waals surface area contributed by atoms with Crippen LogP contribution >= 0.6 is 22.6 Å². The highest BCUT2D eigenvalue weighted by Gasteiger charge is 2.16. The van der Waals surface area contributed by atoms with Crippen LogP contribution in [0.3, 0.4) is 0 Å². The Labute approximate surface area is 125 Å². The van der Waals surface area contributed by atoms with Crippen LogP contribution in [-0.2, 0) is 0 Å². The molecule has 0 aliphatic carbocycles. The third-order valence-electron chi connectivity index (χ3n) is 3.08. The molecule has 0 fully saturated rings. The van der Waals surface area contributed by atoms with E-state index in [9.17, 15) is 8.78 Å². The van der Waals surface area contributed by atoms with Crippen molar-refractivity contribution in [1.82, 2.24) is 5.32 Å². The summed E-state index contributed by atoms with van der Waals surface area (Å²) in [6, 6.07) is 9.66. The van der Waals surface area contributed by atoms with Crippen molar-refractivity contribution in [3.8, 4) is 0 Å². The smallest absolute Gasteiger partial charge is 0.126 e. The number of hydrogen-bond acceptors (Lipinski definition) is 1. The van der Waals surface area contributed by atoms with Gasteiger partial charge in [0.15, 0.2) is 0 Å². The van der Waals surface area contributed by atoms with E-state index >= 15 is 0 Å². The Bertz CT molecular complexity index is 599. The second kappa shape index (κ2) is 5.96. The lowest BCUT2D eigenvalue weighted by Crippen LogP contribution is -2.19. The fraction of sp³-hybridized carbons (Fsp3) is 0.200. The first kappa shape index (κ1) is 14.4. The van der Waals surface area contributed by atoms with Gasteiger partial charge >= 0.3 is 0 Å². The molecule has 0 saturated heterocycles. The summed E-state index contributed by atoms with van der Waals surface area (Å²) in [4.78, 5) is 0. The fourth-order valence-corrected chi connectivity index (χ4v) is 2.87. The minimum atomic E-state index is -0.252. The van der Waals surface area contributed by atoms with Crippen LogP contribution in [0.15, 0.2) is 36.4 Å². The molecule has 0 spiro atoms. The molecule has 1 N–H and O–H groups in total. The maximum atomic E-state index is 13.3. The zero-order valence-corrected chi connectivity index (χ0v) is 12.8. The van der Waals surface area contributed by atoms with Crippen LogP contribution in [0, 0.1) is 22.1 Å². The predicted molar refractivity (Wildman–Crippen MR) is 81.2 cm³/mol. The standard InChI is InChI=1S/C15H14F2IN/c1-9-7-10(3-6-13(9)17)15(19-2)12-5-4-11(16)8-14(12)18/h3-8,15,19H,1-2H3. The quantitative estimate of drug-likeness (QED) is 0.796. The Balaban J connectivity index is 2.46. The predicted octanol–water partition coefficient (Wildman–Crippen LogP) is 4.19. The first-order valence-corrected chi connectivity index (χ1v) is 6.99. The average molecular weight is 373 g/mol. The molecule has 2 aromatic carbocycles. The highest BCUT2D eigenvalue weighted by atomic mass is 127. The minimum absolute atomic E-state index is 0.0770. The van der Waals surface area contributed by atoms with Crippen molar-refractivity contribution in [2.75, 3.05) is 7.05 Å². The van der Waals surface area contributed by atoms with Crippen LogP contribution in [0.2, 0.25) is 0 Å². The number of hydrogen-bond donors (Lipinski definition) is 1. The molecule has 100 valence electrons. The van der Waals surface area contributed by atoms with E-state index < -0.39 is 0 Å². The second-order valence-electron chi connectivity index (χ2n) is 4.40. The highest BCUT2D eigenvalue weighted by molar-refractivity contribution is 14.1. The number of nitrogens with one attached hydrogen (secondary N) is 1. The minimum Gasteiger partial charge on any atom is -0.309 e. The van der Waals surface area contributed by atoms with Crippen LogP contribution in [0.4, 0.5) is 8.78 Å². The first-order valence-electron chi connectivity index (χ1n) is 5.91. The van der Waals surface area contributed by atoms with E-state index in [4.69, 9.17) is 0 Å². The highest BCUT2D eigenvalue weighted by Crippen LogP contribution is 2.27. The average Bonchev–Trinajstić information content (AvgIpc) is 2.37. The first-order chi connectivity index (χ1) is 9.02. The molecule has 1 atom stereocenters. The van der Waals surface area contributed by atoms with Crippen molar-refractivity contribution in [1.29, 1.82) is 0 Å². The van der Waals surface area contributed by atoms with Gasteiger partial charge in [0.1, 0.15) is 11.6 Å². The molecule has 1 unspecified atom stereocenters. The van der Waals surface area contributed by atoms with E-state index in [1.165, 1.54) is 18.2 Å². The SMILES string of the molecule is CNC(c1ccc(F)c(C)c1)c1ccc(F)cc1I. The Hall–Kier alpha value is -1.01. The van der Waals surface area contributed by atoms with E-state index in [1.54, 1.807) is 19.1 Å². The van der Waals surface area contributed by atoms with Crippen molar-refractivity contribution < 1.29 is 8.78 Å². The van der Waals surface area contributed by atoms with E-state index in [0.717, 1.165) is 14.7 Å². The summed E-state index contributed by atoms with van der Waals surface area (Å²) in [5.74, 6) is -0.467. The van der Waals surface area contributed by atoms with E-state index in [1.807, 2.05) is 13.1 Å². The summed E-state index contributed by atoms with van der Waals surface area (Å²) in [6.07, 6.45) is 0. The van der Waals surface area contributed by atoms with Gasteiger partial charge in [-0.25, -0.2) is 8.78 Å². The van der Waals surface area contributed by atoms with Crippen LogP contribution in [0.1, 0.15) is 22.7 Å². The molecule has 0 saturated carbocycles. The molecule has 0 aliphatic heterocycles. The molecule has 0 aromatic heterocycles. The molecular formula is C15H14F2IN. The van der Waals surface area contributed by atoms with E-state index in [-0.39, 0.29) is 17.7 Å². The summed E-state index contributed by atoms with van der Waals surface area (Å²) in [6.45, 7) is 1.74. The summed E-state index contributed by atoms with van der Waals surface area (Å²) < 4.78 is 27.3. The lowest BCUT2D eigenvalue weighted by molar-refractivity contribution is 0.612. The van der Waals surface area contributed by atoms with Gasteiger partial charge in [0, 0.05) is 3.57 Å². The zero-order chi connectivity index (χ0) is 14.0. The second-order valence-corrected chi connectivity index (χ2v) is 5.56. The Morgan fingerprint density at radius 2 is 1.84 bits per heavy atom. The van der Waals surface area contributed by atoms with Gasteiger partial charge in [-0.2, -0.15) is 0 Å². The molecule has 2 rings (SSSR count). The van der Waals surface area contributed by atoms with Gasteiger partial charge in [0.2, 0.25) is 0 Å². The van der Waals surface area contributed by atoms with Gasteiger partial charge in [-0.05, 0) is 71.5 Å². The van der Waals surface area contributed by atoms with Gasteiger partial charge in [-0.15, -0.1) is 0 Å². The number of aryl methyl sites for hydroxylation is 1. The Morgan fingerprint density at radius 1 is 1.11 bits per heavy atom. The lowest BCUT2D eigenvalue weighted by atomic mass is 9.97. The summed E-state index contributed by atoms with van der Waals surface area (Å²) >= 11 is 2.11. The lowest BCUT2D eigenvalue weighted by Gasteiger charge is -2.19. The van der Waals surface area contributed by atoms with Gasteiger partial charge < -0.3 is 5.32 Å². The third-order valence-corrected chi connectivity index (χ3v) is 4.01. The van der Waals surface area contributed by atoms with Crippen LogP contribution < -0.4 is 5.32 Å². The fourth-order valence-electron chi connectivity index (χ4n) is 2.08. The Morgan fingerprint density at radius 3 is 2.42 bits per heavy atom. The Kier molecular flexibility index (Phi) is 4.52. The molecule has 4 heteroatoms. The molecule has 0 aliphatic rings. The van der Waals surface area contributed by atoms with Gasteiger partial charge in [0.25, 0.3) is 0 Å². The van der Waals surface area contributed by atoms with Crippen molar-refractivity contribution in [2.24, 2.45) is 0 Å². The molecule has 0 heterocycles. The topological polar surface area (TPSA) is 12.0 Å².